The number of carbonyl (C=O) groups excluding carboxylic acids is 5. The summed E-state index contributed by atoms with van der Waals surface area (Å²) in [6.07, 6.45) is 10.9. The van der Waals surface area contributed by atoms with Crippen molar-refractivity contribution in [1.29, 1.82) is 0 Å². The zero-order valence-corrected chi connectivity index (χ0v) is 50.3. The minimum absolute atomic E-state index is 0. The van der Waals surface area contributed by atoms with E-state index in [1.807, 2.05) is 64.9 Å². The van der Waals surface area contributed by atoms with Gasteiger partial charge in [-0.05, 0) is 125 Å². The van der Waals surface area contributed by atoms with Crippen LogP contribution in [0.5, 0.6) is 5.75 Å². The molecule has 1 radical (unpaired) electrons. The van der Waals surface area contributed by atoms with E-state index in [0.717, 1.165) is 64.5 Å². The van der Waals surface area contributed by atoms with Crippen molar-refractivity contribution in [3.8, 4) is 28.7 Å². The standard InChI is InChI=1S/C40H54N4O6.C9H10NO2.C5H12N2.C4H10NO.CH3.Es/c1-11-15-41-35(27(5)49-10)21-37-34(22-40(6,7)24-50-25-46)33-20-29(13-14-36(33)44(37)12-2)30-16-28(18-32(47)19-30)17-31(23-45)42-39(48)38(26(3)4)43(8)9;1-2-3-9(12)10-5-4-8(6-10)7-11;1-7-5-3-2-4-6-7;1-4(5)3-6-2;;/h11,13-16,18-21,23,25-27,31,38,47H,1,12,17,22,24H2,2-10H3,(H,42,48);7-8H,1,4-6H2;6H,2-5H2,1H3;4H,2-3,5H2,1H3;1H3;/q;-1;;2*-1;/b35-21+,41-15?;;;;;. The Bertz CT molecular complexity index is 2410. The van der Waals surface area contributed by atoms with Gasteiger partial charge in [-0.15, -0.1) is 0 Å². The smallest absolute Gasteiger partial charge is 0.293 e. The fraction of sp³-hybridized carbons (Fsp3) is 0.508. The van der Waals surface area contributed by atoms with Crippen molar-refractivity contribution in [3.63, 3.8) is 0 Å². The number of ether oxygens (including phenoxy) is 3. The van der Waals surface area contributed by atoms with E-state index in [9.17, 15) is 29.1 Å². The Kier molecular flexibility index (Phi) is 32.7. The van der Waals surface area contributed by atoms with E-state index in [1.54, 1.807) is 36.4 Å². The fourth-order valence-corrected chi connectivity index (χ4v) is 8.76. The maximum atomic E-state index is 13.1. The first-order valence-corrected chi connectivity index (χ1v) is 25.6. The van der Waals surface area contributed by atoms with Crippen LogP contribution in [0.15, 0.2) is 59.7 Å². The molecule has 77 heavy (non-hydrogen) atoms. The number of allylic oxidation sites excluding steroid dienone is 1. The summed E-state index contributed by atoms with van der Waals surface area (Å²) in [5.41, 5.74) is 14.2. The number of benzene rings is 2. The maximum absolute atomic E-state index is 13.1. The van der Waals surface area contributed by atoms with Gasteiger partial charge in [-0.25, -0.2) is 18.0 Å². The van der Waals surface area contributed by atoms with Gasteiger partial charge >= 0.3 is 0 Å². The van der Waals surface area contributed by atoms with Crippen molar-refractivity contribution in [2.24, 2.45) is 28.0 Å². The van der Waals surface area contributed by atoms with Crippen molar-refractivity contribution in [2.75, 3.05) is 67.6 Å². The number of aromatic nitrogens is 1. The van der Waals surface area contributed by atoms with Crippen molar-refractivity contribution >= 4 is 54.1 Å². The number of hydrazine groups is 1. The normalized spacial score (nSPS) is 16.0. The van der Waals surface area contributed by atoms with Gasteiger partial charge < -0.3 is 56.9 Å². The number of likely N-dealkylation sites (N-methyl/N-ethyl adjacent to an activating group) is 1. The molecule has 2 saturated heterocycles. The van der Waals surface area contributed by atoms with Crippen LogP contribution in [0.1, 0.15) is 84.5 Å². The first kappa shape index (κ1) is 69.9. The van der Waals surface area contributed by atoms with E-state index in [-0.39, 0.29) is 68.0 Å². The third-order valence-corrected chi connectivity index (χ3v) is 12.4. The van der Waals surface area contributed by atoms with Crippen LogP contribution in [0.25, 0.3) is 28.1 Å². The number of fused-ring (bicyclic) bond motifs is 1. The summed E-state index contributed by atoms with van der Waals surface area (Å²) < 4.78 is 17.5. The summed E-state index contributed by atoms with van der Waals surface area (Å²) in [5.74, 6) is 4.31. The Hall–Kier alpha value is -7.13. The van der Waals surface area contributed by atoms with Gasteiger partial charge in [-0.3, -0.25) is 35.6 Å². The van der Waals surface area contributed by atoms with E-state index in [1.165, 1.54) is 19.4 Å². The van der Waals surface area contributed by atoms with Gasteiger partial charge in [0.05, 0.1) is 30.5 Å². The van der Waals surface area contributed by atoms with Crippen LogP contribution in [-0.2, 0) is 57.6 Å². The molecule has 2 fully saturated rings. The molecule has 2 amide bonds. The topological polar surface area (TPSA) is 210 Å². The number of rotatable bonds is 22. The Morgan fingerprint density at radius 3 is 2.27 bits per heavy atom. The van der Waals surface area contributed by atoms with Gasteiger partial charge in [0.25, 0.3) is 6.47 Å². The van der Waals surface area contributed by atoms with Crippen molar-refractivity contribution < 1.29 is 43.3 Å². The van der Waals surface area contributed by atoms with Crippen molar-refractivity contribution in [2.45, 2.75) is 111 Å². The number of aldehydes is 2. The molecule has 0 bridgehead atoms. The number of methoxy groups -OCH3 is 1. The molecule has 3 aromatic rings. The summed E-state index contributed by atoms with van der Waals surface area (Å²) in [6.45, 7) is 26.4. The average Bonchev–Trinajstić information content (AvgIpc) is 3.96. The summed E-state index contributed by atoms with van der Waals surface area (Å²) in [7, 11) is 10.6. The van der Waals surface area contributed by atoms with E-state index in [2.05, 4.69) is 102 Å². The number of phenolic OH excluding ortho intramolecular Hbond substituents is 1. The molecule has 0 spiro atoms. The average molecular weight is 1310 g/mol. The molecule has 0 aliphatic carbocycles. The molecule has 5 N–H and O–H groups in total. The van der Waals surface area contributed by atoms with Gasteiger partial charge in [0, 0.05) is 93.7 Å². The molecule has 3 heterocycles. The molecule has 433 valence electrons. The number of hydrogen-bond donors (Lipinski definition) is 4. The van der Waals surface area contributed by atoms with E-state index in [4.69, 9.17) is 15.2 Å². The second kappa shape index (κ2) is 36.0. The number of phenols is 1. The molecule has 0 saturated carbocycles. The number of aromatic hydroxyl groups is 1. The molecule has 2 aromatic carbocycles. The van der Waals surface area contributed by atoms with Gasteiger partial charge in [0.2, 0.25) is 5.91 Å². The van der Waals surface area contributed by atoms with Crippen LogP contribution in [0.4, 0.5) is 0 Å². The van der Waals surface area contributed by atoms with Crippen LogP contribution in [0.3, 0.4) is 0 Å². The van der Waals surface area contributed by atoms with Crippen LogP contribution in [0.2, 0.25) is 0 Å². The quantitative estimate of drug-likeness (QED) is 0.0350. The summed E-state index contributed by atoms with van der Waals surface area (Å²) in [6, 6.07) is 10.4. The number of hydrogen-bond acceptors (Lipinski definition) is 14. The van der Waals surface area contributed by atoms with E-state index < -0.39 is 11.5 Å². The molecular weight excluding hydrogens is 1220 g/mol. The predicted molar refractivity (Wildman–Crippen MR) is 306 cm³/mol. The predicted octanol–water partition coefficient (Wildman–Crippen LogP) is 6.90. The Labute approximate surface area is 454 Å². The summed E-state index contributed by atoms with van der Waals surface area (Å²) in [5, 5.41) is 16.9. The second-order valence-electron chi connectivity index (χ2n) is 20.2. The number of nitrogens with two attached hydrogens (primary N) is 1. The maximum Gasteiger partial charge on any atom is 0.293 e. The molecule has 18 heteroatoms. The first-order chi connectivity index (χ1) is 35.6. The van der Waals surface area contributed by atoms with Crippen molar-refractivity contribution in [1.82, 2.24) is 30.1 Å². The monoisotopic (exact) mass is 1310 g/mol. The molecule has 17 nitrogen and oxygen atoms in total. The Balaban J connectivity index is 0.00000173. The Morgan fingerprint density at radius 1 is 1.09 bits per heavy atom. The summed E-state index contributed by atoms with van der Waals surface area (Å²) in [4.78, 5) is 65.8. The molecule has 5 unspecified atom stereocenters. The molecule has 2 aliphatic heterocycles. The zero-order chi connectivity index (χ0) is 56.3. The second-order valence-corrected chi connectivity index (χ2v) is 20.2. The number of aliphatic imine (C=N–C) groups is 1. The third kappa shape index (κ3) is 23.3. The molecular formula is C59H89EsN8O9-3. The van der Waals surface area contributed by atoms with Gasteiger partial charge in [0.1, 0.15) is 18.3 Å². The van der Waals surface area contributed by atoms with Gasteiger partial charge in [-0.1, -0.05) is 52.5 Å². The van der Waals surface area contributed by atoms with Crippen molar-refractivity contribution in [3.05, 3.63) is 93.0 Å². The van der Waals surface area contributed by atoms with Crippen LogP contribution < -0.4 is 16.5 Å². The molecule has 5 rings (SSSR count). The van der Waals surface area contributed by atoms with Crippen LogP contribution in [-0.4, -0.2) is 153 Å². The zero-order valence-electron chi connectivity index (χ0n) is 47.8. The van der Waals surface area contributed by atoms with E-state index in [0.29, 0.717) is 44.7 Å². The number of likely N-dealkylation sites (tertiary alicyclic amines) is 1. The molecule has 5 atom stereocenters. The minimum atomic E-state index is -0.761. The summed E-state index contributed by atoms with van der Waals surface area (Å²) >= 11 is 0. The first-order valence-electron chi connectivity index (χ1n) is 25.6. The number of aryl methyl sites for hydroxylation is 1. The molecule has 2 aliphatic rings. The SMILES string of the molecule is C=CC=N/C(=C/c1c(CC(C)(C)COC=O)c2cc(-c3cc(O)cc(CC(C=O)NC(=O)C(C(C)C)N(C)C)c3)ccc2n1CC)C(C)OC.CN1CCCCN1.[CH2-]C#CC(=O)N1CCC(C=O)C1.[CH2-]OCC(C)N.[CH3-].[Es]. The largest absolute Gasteiger partial charge is 0.554 e. The molecule has 1 aromatic heterocycles. The van der Waals surface area contributed by atoms with E-state index >= 15 is 0 Å². The van der Waals surface area contributed by atoms with Gasteiger partial charge in [0.15, 0.2) is 5.91 Å². The number of carbonyl (C=O) groups is 5. The fourth-order valence-electron chi connectivity index (χ4n) is 8.76. The minimum Gasteiger partial charge on any atom is -0.554 e. The number of amides is 2. The Morgan fingerprint density at radius 2 is 1.79 bits per heavy atom. The van der Waals surface area contributed by atoms with Crippen LogP contribution >= 0.6 is 0 Å². The van der Waals surface area contributed by atoms with Gasteiger partial charge in [-0.2, -0.15) is 6.92 Å². The third-order valence-electron chi connectivity index (χ3n) is 12.4. The number of nitrogens with zero attached hydrogens (tertiary/aromatic N) is 5. The number of nitrogens with one attached hydrogen (secondary N) is 2. The van der Waals surface area contributed by atoms with Crippen LogP contribution in [0, 0.1) is 50.6 Å².